The Morgan fingerprint density at radius 2 is 2.31 bits per heavy atom. The van der Waals surface area contributed by atoms with Crippen LogP contribution in [0, 0.1) is 5.82 Å². The molecule has 1 atom stereocenters. The smallest absolute Gasteiger partial charge is 0.165 e. The van der Waals surface area contributed by atoms with E-state index in [0.29, 0.717) is 6.54 Å². The summed E-state index contributed by atoms with van der Waals surface area (Å²) < 4.78 is 15.1. The van der Waals surface area contributed by atoms with Crippen molar-refractivity contribution in [3.63, 3.8) is 0 Å². The standard InChI is InChI=1S/C11H13FN4/c1-9(8-16-7-3-6-14-16)15-11-10(12)4-2-5-13-11/h2-7,9H,8H2,1H3,(H,13,15). The molecule has 0 aliphatic rings. The van der Waals surface area contributed by atoms with Crippen molar-refractivity contribution < 1.29 is 4.39 Å². The number of hydrogen-bond acceptors (Lipinski definition) is 3. The molecule has 1 N–H and O–H groups in total. The van der Waals surface area contributed by atoms with Gasteiger partial charge in [0.15, 0.2) is 11.6 Å². The van der Waals surface area contributed by atoms with Crippen LogP contribution < -0.4 is 5.32 Å². The largest absolute Gasteiger partial charge is 0.363 e. The summed E-state index contributed by atoms with van der Waals surface area (Å²) in [5, 5.41) is 7.08. The highest BCUT2D eigenvalue weighted by Gasteiger charge is 2.07. The molecule has 1 unspecified atom stereocenters. The first kappa shape index (κ1) is 10.6. The van der Waals surface area contributed by atoms with Gasteiger partial charge < -0.3 is 5.32 Å². The fraction of sp³-hybridized carbons (Fsp3) is 0.273. The van der Waals surface area contributed by atoms with E-state index in [2.05, 4.69) is 15.4 Å². The van der Waals surface area contributed by atoms with Crippen LogP contribution in [-0.4, -0.2) is 20.8 Å². The lowest BCUT2D eigenvalue weighted by Gasteiger charge is -2.14. The van der Waals surface area contributed by atoms with Gasteiger partial charge in [-0.05, 0) is 25.1 Å². The van der Waals surface area contributed by atoms with Crippen molar-refractivity contribution in [2.45, 2.75) is 19.5 Å². The fourth-order valence-corrected chi connectivity index (χ4v) is 1.46. The number of hydrogen-bond donors (Lipinski definition) is 1. The van der Waals surface area contributed by atoms with Crippen molar-refractivity contribution in [2.24, 2.45) is 0 Å². The lowest BCUT2D eigenvalue weighted by atomic mass is 10.3. The van der Waals surface area contributed by atoms with Gasteiger partial charge in [-0.2, -0.15) is 5.10 Å². The van der Waals surface area contributed by atoms with Crippen molar-refractivity contribution in [2.75, 3.05) is 5.32 Å². The van der Waals surface area contributed by atoms with Gasteiger partial charge in [-0.15, -0.1) is 0 Å². The van der Waals surface area contributed by atoms with E-state index in [1.54, 1.807) is 23.1 Å². The van der Waals surface area contributed by atoms with E-state index in [0.717, 1.165) is 0 Å². The van der Waals surface area contributed by atoms with Crippen LogP contribution in [0.5, 0.6) is 0 Å². The molecule has 0 aliphatic heterocycles. The molecule has 0 bridgehead atoms. The molecule has 0 saturated heterocycles. The summed E-state index contributed by atoms with van der Waals surface area (Å²) in [5.41, 5.74) is 0. The predicted octanol–water partition coefficient (Wildman–Crippen LogP) is 1.92. The van der Waals surface area contributed by atoms with Gasteiger partial charge in [0.25, 0.3) is 0 Å². The van der Waals surface area contributed by atoms with E-state index in [9.17, 15) is 4.39 Å². The highest BCUT2D eigenvalue weighted by molar-refractivity contribution is 5.36. The fourth-order valence-electron chi connectivity index (χ4n) is 1.46. The average molecular weight is 220 g/mol. The van der Waals surface area contributed by atoms with E-state index in [4.69, 9.17) is 0 Å². The Balaban J connectivity index is 1.97. The zero-order chi connectivity index (χ0) is 11.4. The maximum atomic E-state index is 13.3. The van der Waals surface area contributed by atoms with Gasteiger partial charge in [-0.25, -0.2) is 9.37 Å². The van der Waals surface area contributed by atoms with Crippen LogP contribution in [0.25, 0.3) is 0 Å². The molecule has 2 aromatic rings. The molecule has 0 aliphatic carbocycles. The Morgan fingerprint density at radius 3 is 3.00 bits per heavy atom. The van der Waals surface area contributed by atoms with Crippen molar-refractivity contribution >= 4 is 5.82 Å². The molecule has 0 saturated carbocycles. The molecular formula is C11H13FN4. The minimum Gasteiger partial charge on any atom is -0.363 e. The van der Waals surface area contributed by atoms with E-state index in [1.165, 1.54) is 6.07 Å². The minimum atomic E-state index is -0.338. The van der Waals surface area contributed by atoms with Gasteiger partial charge in [0.1, 0.15) is 0 Å². The van der Waals surface area contributed by atoms with E-state index >= 15 is 0 Å². The van der Waals surface area contributed by atoms with Crippen LogP contribution in [0.1, 0.15) is 6.92 Å². The maximum absolute atomic E-state index is 13.3. The van der Waals surface area contributed by atoms with Crippen molar-refractivity contribution in [3.8, 4) is 0 Å². The normalized spacial score (nSPS) is 12.4. The lowest BCUT2D eigenvalue weighted by Crippen LogP contribution is -2.23. The third kappa shape index (κ3) is 2.56. The number of aromatic nitrogens is 3. The number of nitrogens with one attached hydrogen (secondary N) is 1. The summed E-state index contributed by atoms with van der Waals surface area (Å²) in [7, 11) is 0. The van der Waals surface area contributed by atoms with Crippen LogP contribution in [0.3, 0.4) is 0 Å². The first-order valence-corrected chi connectivity index (χ1v) is 5.10. The second kappa shape index (κ2) is 4.74. The molecule has 2 aromatic heterocycles. The number of halogens is 1. The van der Waals surface area contributed by atoms with Crippen LogP contribution >= 0.6 is 0 Å². The van der Waals surface area contributed by atoms with Gasteiger partial charge in [0.05, 0.1) is 6.54 Å². The molecule has 2 heterocycles. The number of anilines is 1. The summed E-state index contributed by atoms with van der Waals surface area (Å²) in [6.45, 7) is 2.62. The van der Waals surface area contributed by atoms with Crippen molar-refractivity contribution in [3.05, 3.63) is 42.6 Å². The van der Waals surface area contributed by atoms with Gasteiger partial charge in [0.2, 0.25) is 0 Å². The third-order valence-corrected chi connectivity index (χ3v) is 2.16. The molecular weight excluding hydrogens is 207 g/mol. The Morgan fingerprint density at radius 1 is 1.44 bits per heavy atom. The van der Waals surface area contributed by atoms with Gasteiger partial charge >= 0.3 is 0 Å². The third-order valence-electron chi connectivity index (χ3n) is 2.16. The second-order valence-electron chi connectivity index (χ2n) is 3.61. The molecule has 84 valence electrons. The zero-order valence-corrected chi connectivity index (χ0v) is 8.97. The summed E-state index contributed by atoms with van der Waals surface area (Å²) in [4.78, 5) is 3.93. The van der Waals surface area contributed by atoms with Crippen molar-refractivity contribution in [1.29, 1.82) is 0 Å². The molecule has 0 amide bonds. The van der Waals surface area contributed by atoms with E-state index < -0.39 is 0 Å². The monoisotopic (exact) mass is 220 g/mol. The average Bonchev–Trinajstić information content (AvgIpc) is 2.74. The zero-order valence-electron chi connectivity index (χ0n) is 8.97. The Kier molecular flexibility index (Phi) is 3.14. The Labute approximate surface area is 93.1 Å². The van der Waals surface area contributed by atoms with Gasteiger partial charge in [-0.1, -0.05) is 0 Å². The van der Waals surface area contributed by atoms with Gasteiger partial charge in [0, 0.05) is 24.6 Å². The first-order chi connectivity index (χ1) is 7.75. The quantitative estimate of drug-likeness (QED) is 0.856. The maximum Gasteiger partial charge on any atom is 0.165 e. The van der Waals surface area contributed by atoms with Crippen LogP contribution in [0.4, 0.5) is 10.2 Å². The number of pyridine rings is 1. The molecule has 2 rings (SSSR count). The molecule has 5 heteroatoms. The van der Waals surface area contributed by atoms with E-state index in [1.807, 2.05) is 19.2 Å². The molecule has 0 radical (unpaired) electrons. The highest BCUT2D eigenvalue weighted by Crippen LogP contribution is 2.10. The van der Waals surface area contributed by atoms with Crippen LogP contribution in [0.15, 0.2) is 36.8 Å². The van der Waals surface area contributed by atoms with Crippen LogP contribution in [0.2, 0.25) is 0 Å². The SMILES string of the molecule is CC(Cn1cccn1)Nc1ncccc1F. The number of rotatable bonds is 4. The van der Waals surface area contributed by atoms with Crippen LogP contribution in [-0.2, 0) is 6.54 Å². The highest BCUT2D eigenvalue weighted by atomic mass is 19.1. The Hall–Kier alpha value is -1.91. The lowest BCUT2D eigenvalue weighted by molar-refractivity contribution is 0.552. The molecule has 4 nitrogen and oxygen atoms in total. The Bertz CT molecular complexity index is 441. The molecule has 16 heavy (non-hydrogen) atoms. The minimum absolute atomic E-state index is 0.0595. The summed E-state index contributed by atoms with van der Waals surface area (Å²) in [6.07, 6.45) is 5.15. The molecule has 0 fully saturated rings. The number of nitrogens with zero attached hydrogens (tertiary/aromatic N) is 3. The summed E-state index contributed by atoms with van der Waals surface area (Å²) in [5.74, 6) is -0.0584. The topological polar surface area (TPSA) is 42.7 Å². The molecule has 0 aromatic carbocycles. The summed E-state index contributed by atoms with van der Waals surface area (Å²) in [6, 6.07) is 4.87. The van der Waals surface area contributed by atoms with Crippen molar-refractivity contribution in [1.82, 2.24) is 14.8 Å². The second-order valence-corrected chi connectivity index (χ2v) is 3.61. The van der Waals surface area contributed by atoms with Gasteiger partial charge in [-0.3, -0.25) is 4.68 Å². The molecule has 0 spiro atoms. The summed E-state index contributed by atoms with van der Waals surface area (Å²) >= 11 is 0. The van der Waals surface area contributed by atoms with E-state index in [-0.39, 0.29) is 17.7 Å². The first-order valence-electron chi connectivity index (χ1n) is 5.10. The predicted molar refractivity (Wildman–Crippen MR) is 59.5 cm³/mol.